The van der Waals surface area contributed by atoms with Crippen LogP contribution in [0.15, 0.2) is 83.6 Å². The first-order valence-corrected chi connectivity index (χ1v) is 17.1. The van der Waals surface area contributed by atoms with Crippen LogP contribution in [-0.2, 0) is 30.6 Å². The van der Waals surface area contributed by atoms with Crippen LogP contribution >= 0.6 is 0 Å². The fourth-order valence-corrected chi connectivity index (χ4v) is 8.21. The van der Waals surface area contributed by atoms with Crippen molar-refractivity contribution in [3.8, 4) is 5.75 Å². The van der Waals surface area contributed by atoms with Gasteiger partial charge in [-0.2, -0.15) is 35.2 Å². The third-order valence-electron chi connectivity index (χ3n) is 7.69. The molecule has 0 aliphatic carbocycles. The van der Waals surface area contributed by atoms with Crippen LogP contribution < -0.4 is 35.9 Å². The van der Waals surface area contributed by atoms with Crippen LogP contribution in [0.4, 0.5) is 0 Å². The number of benzene rings is 6. The Morgan fingerprint density at radius 3 is 1.49 bits per heavy atom. The number of H-pyrrole nitrogens is 2. The lowest BCUT2D eigenvalue weighted by Gasteiger charge is -2.13. The fourth-order valence-electron chi connectivity index (χ4n) is 5.86. The molecule has 0 fully saturated rings. The van der Waals surface area contributed by atoms with Gasteiger partial charge in [-0.25, -0.2) is 0 Å². The molecule has 0 saturated heterocycles. The maximum atomic E-state index is 14.0. The molecule has 0 radical (unpaired) electrons. The lowest BCUT2D eigenvalue weighted by Crippen LogP contribution is -2.24. The van der Waals surface area contributed by atoms with E-state index in [4.69, 9.17) is 0 Å². The van der Waals surface area contributed by atoms with Crippen LogP contribution in [0.2, 0.25) is 0 Å². The second-order valence-electron chi connectivity index (χ2n) is 10.4. The van der Waals surface area contributed by atoms with Gasteiger partial charge in [0.1, 0.15) is 15.7 Å². The van der Waals surface area contributed by atoms with Crippen molar-refractivity contribution >= 4 is 95.8 Å². The van der Waals surface area contributed by atoms with Gasteiger partial charge in [0.15, 0.2) is 21.5 Å². The van der Waals surface area contributed by atoms with Crippen LogP contribution in [0.5, 0.6) is 5.75 Å². The van der Waals surface area contributed by atoms with Gasteiger partial charge in [-0.15, -0.1) is 0 Å². The third-order valence-corrected chi connectivity index (χ3v) is 9.99. The van der Waals surface area contributed by atoms with Crippen molar-refractivity contribution in [2.24, 2.45) is 0 Å². The molecule has 7 rings (SSSR count). The Morgan fingerprint density at radius 2 is 1.00 bits per heavy atom. The van der Waals surface area contributed by atoms with Gasteiger partial charge in [0.05, 0.1) is 5.39 Å². The molecule has 1 heterocycles. The van der Waals surface area contributed by atoms with E-state index in [0.29, 0.717) is 0 Å². The zero-order valence-corrected chi connectivity index (χ0v) is 25.2. The summed E-state index contributed by atoms with van der Waals surface area (Å²) < 4.78 is 105. The van der Waals surface area contributed by atoms with Gasteiger partial charge in [-0.1, -0.05) is 24.3 Å². The number of nitrogens with one attached hydrogen (secondary N) is 2. The van der Waals surface area contributed by atoms with Crippen LogP contribution in [0.3, 0.4) is 0 Å². The highest BCUT2D eigenvalue weighted by molar-refractivity contribution is 7.89. The molecule has 5 N–H and O–H groups in total. The first kappa shape index (κ1) is 30.3. The first-order chi connectivity index (χ1) is 21.9. The summed E-state index contributed by atoms with van der Waals surface area (Å²) in [5.41, 5.74) is -3.07. The molecule has 0 atom stereocenters. The number of fused-ring (bicyclic) bond motifs is 8. The minimum atomic E-state index is -5.83. The summed E-state index contributed by atoms with van der Waals surface area (Å²) in [6, 6.07) is 11.6. The average Bonchev–Trinajstić information content (AvgIpc) is 2.98. The number of aromatic amines is 2. The third kappa shape index (κ3) is 4.47. The molecule has 0 bridgehead atoms. The Balaban J connectivity index is 1.70. The van der Waals surface area contributed by atoms with Gasteiger partial charge in [0, 0.05) is 39.1 Å². The molecule has 0 aliphatic rings. The van der Waals surface area contributed by atoms with E-state index in [1.165, 1.54) is 30.3 Å². The largest absolute Gasteiger partial charge is 0.446 e. The molecule has 236 valence electrons. The maximum absolute atomic E-state index is 14.0. The summed E-state index contributed by atoms with van der Waals surface area (Å²) in [4.78, 5) is 56.7. The molecule has 0 saturated carbocycles. The van der Waals surface area contributed by atoms with E-state index >= 15 is 0 Å². The molecule has 7 aromatic rings. The van der Waals surface area contributed by atoms with Crippen molar-refractivity contribution in [2.45, 2.75) is 9.79 Å². The lowest BCUT2D eigenvalue weighted by atomic mass is 9.99. The van der Waals surface area contributed by atoms with E-state index in [-0.39, 0.29) is 49.7 Å². The fraction of sp³-hybridized carbons (Fsp3) is 0. The Hall–Kier alpha value is -5.31. The van der Waals surface area contributed by atoms with Crippen molar-refractivity contribution in [2.75, 3.05) is 0 Å². The zero-order chi connectivity index (χ0) is 34.0. The quantitative estimate of drug-likeness (QED) is 0.126. The number of aromatic nitrogens is 2. The minimum absolute atomic E-state index is 0.0253. The normalized spacial score (nSPS) is 13.0. The van der Waals surface area contributed by atoms with Gasteiger partial charge in [-0.3, -0.25) is 32.8 Å². The van der Waals surface area contributed by atoms with Gasteiger partial charge >= 0.3 is 10.4 Å². The molecule has 6 aromatic carbocycles. The summed E-state index contributed by atoms with van der Waals surface area (Å²) >= 11 is 0. The molecule has 0 aliphatic heterocycles. The van der Waals surface area contributed by atoms with Gasteiger partial charge in [-0.05, 0) is 18.2 Å². The van der Waals surface area contributed by atoms with Crippen LogP contribution in [0, 0.1) is 0 Å². The van der Waals surface area contributed by atoms with Crippen LogP contribution in [-0.4, -0.2) is 38.9 Å². The van der Waals surface area contributed by atoms with Crippen LogP contribution in [0.1, 0.15) is 0 Å². The molecule has 19 heteroatoms. The van der Waals surface area contributed by atoms with Gasteiger partial charge in [0.2, 0.25) is 10.9 Å². The predicted molar refractivity (Wildman–Crippen MR) is 164 cm³/mol. The summed E-state index contributed by atoms with van der Waals surface area (Å²) in [5.74, 6) is -1.76. The monoisotopic (exact) mass is 698 g/mol. The molecule has 0 unspecified atom stereocenters. The lowest BCUT2D eigenvalue weighted by molar-refractivity contribution is -0.359. The number of hydrogen-bond donors (Lipinski definition) is 3. The Bertz CT molecular complexity index is 3210. The van der Waals surface area contributed by atoms with Crippen molar-refractivity contribution in [1.82, 2.24) is 0 Å². The van der Waals surface area contributed by atoms with E-state index in [0.717, 1.165) is 6.07 Å². The van der Waals surface area contributed by atoms with E-state index in [2.05, 4.69) is 14.2 Å². The number of rotatable bonds is 4. The summed E-state index contributed by atoms with van der Waals surface area (Å²) in [6.45, 7) is 0. The minimum Gasteiger partial charge on any atom is -0.359 e. The molecular weight excluding hydrogens is 685 g/mol. The standard InChI is InChI=1S/C28H12N2O14S3/c31-23-10-3-1-2-4-11(10)24(32)18-12(23)5-7-15-21(18)29-16-8-6-13-19(22(16)30-15)26(34)14-9-17(45(35,36)37)28(46(38,39)40)27(20(14)25(13)33)44-47(41,42)43/h1-9H,(H,35,36,37)(H,38,39,40)(H,41,42,43)/p+2. The van der Waals surface area contributed by atoms with E-state index in [1.807, 2.05) is 0 Å². The first-order valence-electron chi connectivity index (χ1n) is 12.9. The Morgan fingerprint density at radius 1 is 0.532 bits per heavy atom. The zero-order valence-electron chi connectivity index (χ0n) is 22.8. The Kier molecular flexibility index (Phi) is 6.20. The predicted octanol–water partition coefficient (Wildman–Crippen LogP) is 0.225. The summed E-state index contributed by atoms with van der Waals surface area (Å²) in [5, 5.41) is -2.58. The second-order valence-corrected chi connectivity index (χ2v) is 14.1. The van der Waals surface area contributed by atoms with Crippen molar-refractivity contribution in [3.63, 3.8) is 0 Å². The van der Waals surface area contributed by atoms with Crippen LogP contribution in [0.25, 0.3) is 65.2 Å². The van der Waals surface area contributed by atoms with Crippen molar-refractivity contribution < 1.29 is 53.1 Å². The molecular formula is C28H14N2O14S3+2. The van der Waals surface area contributed by atoms with E-state index in [1.54, 1.807) is 12.1 Å². The smallest absolute Gasteiger partial charge is 0.359 e. The summed E-state index contributed by atoms with van der Waals surface area (Å²) in [7, 11) is -17.3. The molecule has 0 spiro atoms. The molecule has 47 heavy (non-hydrogen) atoms. The second kappa shape index (κ2) is 9.61. The highest BCUT2D eigenvalue weighted by Gasteiger charge is 2.36. The van der Waals surface area contributed by atoms with E-state index < -0.39 is 89.4 Å². The topological polar surface area (TPSA) is 269 Å². The molecule has 16 nitrogen and oxygen atoms in total. The van der Waals surface area contributed by atoms with Crippen molar-refractivity contribution in [3.05, 3.63) is 95.5 Å². The Labute approximate surface area is 259 Å². The SMILES string of the molecule is O=c1c2ccccc2c(=O)c2c1ccc1[nH+]c3c(ccc4c(=O)c5c(OS(=O)(=O)O)c(S(=O)(=O)O)c(S(=O)(=O)O)cc5c(=O)c43)[nH+]c12. The highest BCUT2D eigenvalue weighted by atomic mass is 32.3. The molecule has 1 aromatic heterocycles. The van der Waals surface area contributed by atoms with E-state index in [9.17, 15) is 58.1 Å². The number of hydrogen-bond acceptors (Lipinski definition) is 11. The van der Waals surface area contributed by atoms with Crippen molar-refractivity contribution in [1.29, 1.82) is 0 Å². The van der Waals surface area contributed by atoms with Gasteiger partial charge in [0.25, 0.3) is 42.3 Å². The average molecular weight is 699 g/mol. The summed E-state index contributed by atoms with van der Waals surface area (Å²) in [6.07, 6.45) is 0. The maximum Gasteiger partial charge on any atom is 0.446 e. The van der Waals surface area contributed by atoms with Gasteiger partial charge < -0.3 is 4.18 Å². The highest BCUT2D eigenvalue weighted by Crippen LogP contribution is 2.38. The molecule has 0 amide bonds.